The predicted octanol–water partition coefficient (Wildman–Crippen LogP) is -2.83. The fraction of sp³-hybridized carbons (Fsp3) is 0.448. The molecule has 484 valence electrons. The molecule has 20 unspecified atom stereocenters. The van der Waals surface area contributed by atoms with E-state index in [1.165, 1.54) is 74.9 Å². The molecule has 0 spiro atoms. The maximum Gasteiger partial charge on any atom is 0.331 e. The number of benzene rings is 4. The van der Waals surface area contributed by atoms with Gasteiger partial charge in [0.15, 0.2) is 47.6 Å². The number of rotatable bonds is 20. The van der Waals surface area contributed by atoms with E-state index in [2.05, 4.69) is 0 Å². The molecule has 9 rings (SSSR count). The summed E-state index contributed by atoms with van der Waals surface area (Å²) in [6.07, 6.45) is -30.1. The molecule has 4 fully saturated rings. The Bertz CT molecular complexity index is 3160. The van der Waals surface area contributed by atoms with Crippen molar-refractivity contribution in [2.24, 2.45) is 0 Å². The summed E-state index contributed by atoms with van der Waals surface area (Å²) in [5.41, 5.74) is 0.558. The molecular formula is C58H66O31. The van der Waals surface area contributed by atoms with Crippen LogP contribution >= 0.6 is 0 Å². The van der Waals surface area contributed by atoms with Gasteiger partial charge >= 0.3 is 11.9 Å². The second-order valence-corrected chi connectivity index (χ2v) is 20.8. The summed E-state index contributed by atoms with van der Waals surface area (Å²) in [5.74, 6) is -5.09. The number of phenolic OH excluding ortho intramolecular Hbond substituents is 4. The first kappa shape index (κ1) is 65.8. The smallest absolute Gasteiger partial charge is 0.331 e. The van der Waals surface area contributed by atoms with Gasteiger partial charge in [0.1, 0.15) is 115 Å². The van der Waals surface area contributed by atoms with Crippen LogP contribution in [-0.4, -0.2) is 251 Å². The zero-order valence-electron chi connectivity index (χ0n) is 46.9. The monoisotopic (exact) mass is 1260 g/mol. The summed E-state index contributed by atoms with van der Waals surface area (Å²) in [7, 11) is 2.56. The zero-order valence-corrected chi connectivity index (χ0v) is 46.9. The maximum atomic E-state index is 13.5. The van der Waals surface area contributed by atoms with Gasteiger partial charge in [0.2, 0.25) is 24.6 Å². The highest BCUT2D eigenvalue weighted by Gasteiger charge is 2.53. The van der Waals surface area contributed by atoms with Crippen molar-refractivity contribution in [1.82, 2.24) is 0 Å². The van der Waals surface area contributed by atoms with E-state index in [0.29, 0.717) is 5.56 Å². The van der Waals surface area contributed by atoms with Gasteiger partial charge in [0.25, 0.3) is 0 Å². The lowest BCUT2D eigenvalue weighted by atomic mass is 9.97. The first-order valence-electron chi connectivity index (χ1n) is 27.3. The quantitative estimate of drug-likeness (QED) is 0.0241. The molecule has 0 bridgehead atoms. The lowest BCUT2D eigenvalue weighted by Crippen LogP contribution is -2.63. The molecule has 4 saturated heterocycles. The van der Waals surface area contributed by atoms with E-state index in [1.54, 1.807) is 0 Å². The third-order valence-corrected chi connectivity index (χ3v) is 14.8. The Labute approximate surface area is 503 Å². The van der Waals surface area contributed by atoms with Crippen molar-refractivity contribution in [3.8, 4) is 51.7 Å². The third-order valence-electron chi connectivity index (χ3n) is 14.8. The first-order chi connectivity index (χ1) is 42.5. The summed E-state index contributed by atoms with van der Waals surface area (Å²) in [5, 5.41) is 170. The minimum Gasteiger partial charge on any atom is -0.508 e. The number of phenols is 4. The van der Waals surface area contributed by atoms with Crippen LogP contribution in [0, 0.1) is 0 Å². The highest BCUT2D eigenvalue weighted by atomic mass is 16.8. The van der Waals surface area contributed by atoms with Gasteiger partial charge in [-0.2, -0.15) is 0 Å². The number of aliphatic hydroxyl groups is 12. The van der Waals surface area contributed by atoms with Gasteiger partial charge in [-0.3, -0.25) is 0 Å². The molecule has 0 aliphatic carbocycles. The molecule has 16 N–H and O–H groups in total. The third kappa shape index (κ3) is 14.7. The number of ether oxygens (including phenoxy) is 13. The minimum absolute atomic E-state index is 0.0189. The number of hydrogen-bond donors (Lipinski definition) is 16. The molecule has 5 aliphatic rings. The van der Waals surface area contributed by atoms with Gasteiger partial charge in [-0.25, -0.2) is 9.59 Å². The van der Waals surface area contributed by atoms with Crippen molar-refractivity contribution in [1.29, 1.82) is 0 Å². The van der Waals surface area contributed by atoms with E-state index in [9.17, 15) is 91.3 Å². The van der Waals surface area contributed by atoms with E-state index in [-0.39, 0.29) is 56.9 Å². The molecule has 89 heavy (non-hydrogen) atoms. The Morgan fingerprint density at radius 1 is 0.562 bits per heavy atom. The normalized spacial score (nSPS) is 32.9. The molecule has 0 saturated carbocycles. The molecule has 20 atom stereocenters. The van der Waals surface area contributed by atoms with Gasteiger partial charge in [-0.05, 0) is 65.8 Å². The number of carbonyl (C=O) groups excluding carboxylic acids is 2. The average molecular weight is 1260 g/mol. The molecule has 5 heterocycles. The summed E-state index contributed by atoms with van der Waals surface area (Å²) < 4.78 is 74.9. The fourth-order valence-electron chi connectivity index (χ4n) is 9.91. The van der Waals surface area contributed by atoms with Crippen molar-refractivity contribution in [3.63, 3.8) is 0 Å². The summed E-state index contributed by atoms with van der Waals surface area (Å²) in [6.45, 7) is -3.02. The lowest BCUT2D eigenvalue weighted by molar-refractivity contribution is -0.353. The van der Waals surface area contributed by atoms with E-state index < -0.39 is 178 Å². The van der Waals surface area contributed by atoms with Crippen LogP contribution in [0.4, 0.5) is 0 Å². The number of carbonyl (C=O) groups is 2. The molecule has 31 heteroatoms. The van der Waals surface area contributed by atoms with Gasteiger partial charge in [0.05, 0.1) is 39.6 Å². The fourth-order valence-corrected chi connectivity index (χ4v) is 9.91. The van der Waals surface area contributed by atoms with Crippen molar-refractivity contribution in [2.75, 3.05) is 40.6 Å². The molecule has 0 aromatic heterocycles. The molecule has 31 nitrogen and oxygen atoms in total. The summed E-state index contributed by atoms with van der Waals surface area (Å²) in [4.78, 5) is 26.8. The Kier molecular flexibility index (Phi) is 21.0. The average Bonchev–Trinajstić information content (AvgIpc) is 1.16. The van der Waals surface area contributed by atoms with Crippen LogP contribution in [0.5, 0.6) is 51.7 Å². The summed E-state index contributed by atoms with van der Waals surface area (Å²) in [6, 6.07) is 14.1. The summed E-state index contributed by atoms with van der Waals surface area (Å²) >= 11 is 0. The van der Waals surface area contributed by atoms with Gasteiger partial charge in [-0.15, -0.1) is 0 Å². The van der Waals surface area contributed by atoms with E-state index in [4.69, 9.17) is 61.6 Å². The Hall–Kier alpha value is -7.64. The Balaban J connectivity index is 1.01. The molecule has 5 aliphatic heterocycles. The van der Waals surface area contributed by atoms with Crippen molar-refractivity contribution in [3.05, 3.63) is 107 Å². The van der Waals surface area contributed by atoms with Gasteiger partial charge in [-0.1, -0.05) is 18.2 Å². The number of methoxy groups -OCH3 is 2. The van der Waals surface area contributed by atoms with E-state index in [0.717, 1.165) is 36.4 Å². The number of esters is 2. The number of aromatic hydroxyl groups is 4. The van der Waals surface area contributed by atoms with E-state index in [1.807, 2.05) is 0 Å². The van der Waals surface area contributed by atoms with Crippen LogP contribution in [-0.2, 0) is 47.5 Å². The largest absolute Gasteiger partial charge is 0.508 e. The molecular weight excluding hydrogens is 1190 g/mol. The van der Waals surface area contributed by atoms with Crippen LogP contribution < -0.4 is 23.7 Å². The number of fused-ring (bicyclic) bond motifs is 1. The van der Waals surface area contributed by atoms with Crippen LogP contribution in [0.3, 0.4) is 0 Å². The van der Waals surface area contributed by atoms with Crippen LogP contribution in [0.2, 0.25) is 0 Å². The SMILES string of the molecule is COc1cc(C=CC(=O)OC2C(OC3C(OC4=Cc5c(cc(O)cc5OC5OC(CO)C(O)C(O)C5O)OC4c4ccc(O)c(O)c4)OC(COC(=O)C=Cc4ccc(OC5OC(CO)C(O)C(O)C5O)cc4)C(O)C3O)OCC(O)C2O)cc(OC)c1O. The van der Waals surface area contributed by atoms with Crippen molar-refractivity contribution < 1.29 is 153 Å². The van der Waals surface area contributed by atoms with Crippen molar-refractivity contribution >= 4 is 30.2 Å². The number of aliphatic hydroxyl groups excluding tert-OH is 12. The van der Waals surface area contributed by atoms with Crippen LogP contribution in [0.25, 0.3) is 18.2 Å². The first-order valence-corrected chi connectivity index (χ1v) is 27.3. The van der Waals surface area contributed by atoms with Crippen molar-refractivity contribution in [2.45, 2.75) is 123 Å². The predicted molar refractivity (Wildman–Crippen MR) is 293 cm³/mol. The van der Waals surface area contributed by atoms with Gasteiger partial charge in [0, 0.05) is 29.8 Å². The number of hydrogen-bond acceptors (Lipinski definition) is 31. The second-order valence-electron chi connectivity index (χ2n) is 20.8. The standard InChI is InChI=1S/C58H66O31/c1-77-34-13-24(14-35(78-2)43(34)68)6-12-41(66)88-53-42(67)31(64)21-80-57(53)89-54-49(74)46(71)39(22-79-40(65)11-5-23-3-8-27(9-4-23)81-55-50(75)47(72)44(69)37(19-59)85-55)87-58(54)84-36-18-28-32(82-52(36)25-7-10-29(62)30(63)15-25)16-26(61)17-33(28)83-56-51(76)48(73)45(70)38(20-60)86-56/h3-18,31,37-39,42,44-64,67-76H,19-22H2,1-2H3. The molecule has 0 amide bonds. The topological polar surface area (TPSA) is 478 Å². The highest BCUT2D eigenvalue weighted by molar-refractivity contribution is 5.88. The minimum atomic E-state index is -2.17. The molecule has 4 aromatic rings. The Morgan fingerprint density at radius 2 is 1.16 bits per heavy atom. The molecule has 0 radical (unpaired) electrons. The molecule has 4 aromatic carbocycles. The van der Waals surface area contributed by atoms with Crippen LogP contribution in [0.1, 0.15) is 28.4 Å². The lowest BCUT2D eigenvalue weighted by Gasteiger charge is -2.45. The van der Waals surface area contributed by atoms with Gasteiger partial charge < -0.3 is 143 Å². The highest BCUT2D eigenvalue weighted by Crippen LogP contribution is 2.47. The Morgan fingerprint density at radius 3 is 1.78 bits per heavy atom. The zero-order chi connectivity index (χ0) is 64.1. The van der Waals surface area contributed by atoms with E-state index >= 15 is 0 Å². The maximum absolute atomic E-state index is 13.5. The second kappa shape index (κ2) is 28.5. The van der Waals surface area contributed by atoms with Crippen LogP contribution in [0.15, 0.2) is 84.6 Å².